The summed E-state index contributed by atoms with van der Waals surface area (Å²) in [5.74, 6) is 0.399. The third-order valence-electron chi connectivity index (χ3n) is 6.09. The molecule has 0 spiro atoms. The fourth-order valence-corrected chi connectivity index (χ4v) is 5.78. The molecule has 1 fully saturated rings. The summed E-state index contributed by atoms with van der Waals surface area (Å²) < 4.78 is 27.1. The van der Waals surface area contributed by atoms with Crippen molar-refractivity contribution in [2.24, 2.45) is 0 Å². The minimum Gasteiger partial charge on any atom is -0.379 e. The molecule has 1 nitrogen and oxygen atoms in total. The summed E-state index contributed by atoms with van der Waals surface area (Å²) in [7, 11) is 0. The van der Waals surface area contributed by atoms with E-state index in [0.717, 1.165) is 39.3 Å². The number of benzene rings is 3. The highest BCUT2D eigenvalue weighted by molar-refractivity contribution is 7.99. The molecule has 0 unspecified atom stereocenters. The molecule has 35 heavy (non-hydrogen) atoms. The molecule has 0 atom stereocenters. The second-order valence-electron chi connectivity index (χ2n) is 8.81. The molecule has 4 rings (SSSR count). The van der Waals surface area contributed by atoms with Gasteiger partial charge in [0, 0.05) is 21.7 Å². The summed E-state index contributed by atoms with van der Waals surface area (Å²) in [6.07, 6.45) is 10.5. The molecule has 0 saturated heterocycles. The lowest BCUT2D eigenvalue weighted by Crippen LogP contribution is -2.08. The molecule has 1 aliphatic carbocycles. The molecule has 0 radical (unpaired) electrons. The highest BCUT2D eigenvalue weighted by Crippen LogP contribution is 2.29. The molecule has 0 amide bonds. The quantitative estimate of drug-likeness (QED) is 0.210. The van der Waals surface area contributed by atoms with Crippen molar-refractivity contribution in [3.8, 4) is 0 Å². The number of unbranched alkanes of at least 4 members (excludes halogenated alkanes) is 1. The van der Waals surface area contributed by atoms with E-state index >= 15 is 0 Å². The Hall–Kier alpha value is -1.69. The largest absolute Gasteiger partial charge is 0.379 e. The predicted octanol–water partition coefficient (Wildman–Crippen LogP) is 9.59. The number of aryl methyl sites for hydroxylation is 1. The third-order valence-corrected chi connectivity index (χ3v) is 8.11. The van der Waals surface area contributed by atoms with E-state index in [2.05, 4.69) is 47.9 Å². The van der Waals surface area contributed by atoms with Crippen LogP contribution in [0.25, 0.3) is 0 Å². The first-order valence-electron chi connectivity index (χ1n) is 12.3. The standard InChI is InChI=1S/C23H29F2NS.C6H5ClS/c24-20-13-14-22(25)23(16-20)26-17-19-10-5-4-8-18(19)9-6-7-15-27-21-11-2-1-3-12-21;7-5-1-3-6(8)4-2-5/h4-5,8,10,13-14,16,21,26H,1-3,6-7,9,11-12,15,17H2;1-4,8H. The van der Waals surface area contributed by atoms with Crippen molar-refractivity contribution in [2.75, 3.05) is 11.1 Å². The van der Waals surface area contributed by atoms with Crippen LogP contribution in [0, 0.1) is 11.6 Å². The number of thioether (sulfide) groups is 1. The lowest BCUT2D eigenvalue weighted by atomic mass is 10.0. The maximum absolute atomic E-state index is 13.8. The van der Waals surface area contributed by atoms with Gasteiger partial charge in [-0.1, -0.05) is 55.1 Å². The lowest BCUT2D eigenvalue weighted by Gasteiger charge is -2.20. The topological polar surface area (TPSA) is 12.0 Å². The molecule has 0 aliphatic heterocycles. The molecule has 6 heteroatoms. The summed E-state index contributed by atoms with van der Waals surface area (Å²) in [6.45, 7) is 0.507. The average molecular weight is 534 g/mol. The average Bonchev–Trinajstić information content (AvgIpc) is 2.88. The third kappa shape index (κ3) is 10.4. The number of anilines is 1. The first-order valence-corrected chi connectivity index (χ1v) is 14.2. The number of rotatable bonds is 9. The van der Waals surface area contributed by atoms with Crippen molar-refractivity contribution >= 4 is 41.7 Å². The van der Waals surface area contributed by atoms with E-state index in [1.807, 2.05) is 30.3 Å². The van der Waals surface area contributed by atoms with Crippen molar-refractivity contribution in [3.05, 3.63) is 94.5 Å². The zero-order valence-electron chi connectivity index (χ0n) is 20.0. The van der Waals surface area contributed by atoms with Gasteiger partial charge in [0.1, 0.15) is 11.6 Å². The molecule has 0 heterocycles. The Labute approximate surface area is 223 Å². The Bertz CT molecular complexity index is 1000. The molecule has 1 aliphatic rings. The number of hydrogen-bond acceptors (Lipinski definition) is 3. The first-order chi connectivity index (χ1) is 17.0. The van der Waals surface area contributed by atoms with Crippen LogP contribution in [0.1, 0.15) is 56.1 Å². The van der Waals surface area contributed by atoms with E-state index in [9.17, 15) is 8.78 Å². The van der Waals surface area contributed by atoms with Crippen LogP contribution in [0.15, 0.2) is 71.6 Å². The van der Waals surface area contributed by atoms with Crippen LogP contribution in [-0.4, -0.2) is 11.0 Å². The molecule has 1 saturated carbocycles. The molecule has 188 valence electrons. The molecular formula is C29H34ClF2NS2. The number of thiol groups is 1. The molecule has 3 aromatic rings. The molecular weight excluding hydrogens is 500 g/mol. The summed E-state index contributed by atoms with van der Waals surface area (Å²) in [5, 5.41) is 4.67. The van der Waals surface area contributed by atoms with Crippen molar-refractivity contribution in [1.82, 2.24) is 0 Å². The van der Waals surface area contributed by atoms with Gasteiger partial charge in [0.2, 0.25) is 0 Å². The second kappa shape index (κ2) is 15.4. The molecule has 0 bridgehead atoms. The maximum Gasteiger partial charge on any atom is 0.146 e. The van der Waals surface area contributed by atoms with E-state index in [-0.39, 0.29) is 5.69 Å². The molecule has 0 aromatic heterocycles. The summed E-state index contributed by atoms with van der Waals surface area (Å²) in [4.78, 5) is 0.939. The van der Waals surface area contributed by atoms with Crippen molar-refractivity contribution in [1.29, 1.82) is 0 Å². The van der Waals surface area contributed by atoms with E-state index in [0.29, 0.717) is 6.54 Å². The van der Waals surface area contributed by atoms with Gasteiger partial charge in [0.25, 0.3) is 0 Å². The van der Waals surface area contributed by atoms with Crippen molar-refractivity contribution < 1.29 is 8.78 Å². The van der Waals surface area contributed by atoms with Crippen LogP contribution in [0.3, 0.4) is 0 Å². The lowest BCUT2D eigenvalue weighted by molar-refractivity contribution is 0.516. The normalized spacial score (nSPS) is 13.7. The Morgan fingerprint density at radius 1 is 0.886 bits per heavy atom. The highest BCUT2D eigenvalue weighted by atomic mass is 35.5. The number of nitrogens with one attached hydrogen (secondary N) is 1. The molecule has 1 N–H and O–H groups in total. The summed E-state index contributed by atoms with van der Waals surface area (Å²) >= 11 is 11.8. The fourth-order valence-electron chi connectivity index (χ4n) is 4.14. The fraction of sp³-hybridized carbons (Fsp3) is 0.379. The van der Waals surface area contributed by atoms with E-state index in [1.165, 1.54) is 62.3 Å². The second-order valence-corrected chi connectivity index (χ2v) is 11.2. The summed E-state index contributed by atoms with van der Waals surface area (Å²) in [6, 6.07) is 19.1. The molecule has 3 aromatic carbocycles. The van der Waals surface area contributed by atoms with E-state index in [1.54, 1.807) is 0 Å². The van der Waals surface area contributed by atoms with Gasteiger partial charge in [-0.25, -0.2) is 8.78 Å². The van der Waals surface area contributed by atoms with Crippen LogP contribution in [-0.2, 0) is 13.0 Å². The van der Waals surface area contributed by atoms with Gasteiger partial charge >= 0.3 is 0 Å². The zero-order valence-corrected chi connectivity index (χ0v) is 22.5. The van der Waals surface area contributed by atoms with Crippen LogP contribution >= 0.6 is 36.0 Å². The van der Waals surface area contributed by atoms with Gasteiger partial charge < -0.3 is 5.32 Å². The van der Waals surface area contributed by atoms with Gasteiger partial charge in [0.15, 0.2) is 0 Å². The minimum absolute atomic E-state index is 0.216. The highest BCUT2D eigenvalue weighted by Gasteiger charge is 2.13. The smallest absolute Gasteiger partial charge is 0.146 e. The van der Waals surface area contributed by atoms with Crippen LogP contribution in [0.5, 0.6) is 0 Å². The van der Waals surface area contributed by atoms with Crippen LogP contribution < -0.4 is 5.32 Å². The van der Waals surface area contributed by atoms with Crippen molar-refractivity contribution in [3.63, 3.8) is 0 Å². The Morgan fingerprint density at radius 2 is 1.60 bits per heavy atom. The summed E-state index contributed by atoms with van der Waals surface area (Å²) in [5.41, 5.74) is 2.67. The predicted molar refractivity (Wildman–Crippen MR) is 151 cm³/mol. The van der Waals surface area contributed by atoms with E-state index in [4.69, 9.17) is 11.6 Å². The Balaban J connectivity index is 0.000000363. The Morgan fingerprint density at radius 3 is 2.31 bits per heavy atom. The van der Waals surface area contributed by atoms with Crippen LogP contribution in [0.2, 0.25) is 5.02 Å². The van der Waals surface area contributed by atoms with Gasteiger partial charge in [-0.3, -0.25) is 0 Å². The SMILES string of the molecule is Fc1ccc(F)c(NCc2ccccc2CCCCSC2CCCCC2)c1.Sc1ccc(Cl)cc1. The Kier molecular flexibility index (Phi) is 12.3. The van der Waals surface area contributed by atoms with Gasteiger partial charge in [0.05, 0.1) is 5.69 Å². The first kappa shape index (κ1) is 27.9. The maximum atomic E-state index is 13.8. The van der Waals surface area contributed by atoms with Gasteiger partial charge in [-0.2, -0.15) is 11.8 Å². The van der Waals surface area contributed by atoms with Gasteiger partial charge in [-0.15, -0.1) is 12.6 Å². The van der Waals surface area contributed by atoms with E-state index < -0.39 is 11.6 Å². The number of hydrogen-bond donors (Lipinski definition) is 2. The monoisotopic (exact) mass is 533 g/mol. The number of halogens is 3. The minimum atomic E-state index is -0.428. The van der Waals surface area contributed by atoms with Crippen molar-refractivity contribution in [2.45, 2.75) is 68.1 Å². The van der Waals surface area contributed by atoms with Gasteiger partial charge in [-0.05, 0) is 91.4 Å². The van der Waals surface area contributed by atoms with Crippen LogP contribution in [0.4, 0.5) is 14.5 Å². The zero-order chi connectivity index (χ0) is 24.9.